The van der Waals surface area contributed by atoms with Gasteiger partial charge in [0.15, 0.2) is 0 Å². The van der Waals surface area contributed by atoms with Crippen LogP contribution in [-0.4, -0.2) is 14.1 Å². The zero-order valence-electron chi connectivity index (χ0n) is 13.9. The molecule has 21 heavy (non-hydrogen) atoms. The SMILES string of the molecule is CN(C)c1cccc(C2CCCCC2)c1C1CCCCC1. The highest BCUT2D eigenvalue weighted by Gasteiger charge is 2.26. The molecule has 116 valence electrons. The second kappa shape index (κ2) is 6.85. The molecule has 0 bridgehead atoms. The van der Waals surface area contributed by atoms with Gasteiger partial charge in [0, 0.05) is 19.8 Å². The minimum absolute atomic E-state index is 0.814. The second-order valence-corrected chi connectivity index (χ2v) is 7.34. The zero-order valence-corrected chi connectivity index (χ0v) is 13.9. The van der Waals surface area contributed by atoms with Crippen LogP contribution in [0.1, 0.15) is 87.2 Å². The summed E-state index contributed by atoms with van der Waals surface area (Å²) in [7, 11) is 4.43. The molecule has 2 aliphatic carbocycles. The van der Waals surface area contributed by atoms with Crippen LogP contribution in [-0.2, 0) is 0 Å². The summed E-state index contributed by atoms with van der Waals surface area (Å²) in [5.41, 5.74) is 4.91. The van der Waals surface area contributed by atoms with Gasteiger partial charge in [-0.25, -0.2) is 0 Å². The van der Waals surface area contributed by atoms with Crippen LogP contribution in [0.5, 0.6) is 0 Å². The highest BCUT2D eigenvalue weighted by Crippen LogP contribution is 2.44. The molecule has 0 aliphatic heterocycles. The van der Waals surface area contributed by atoms with Crippen molar-refractivity contribution in [1.82, 2.24) is 0 Å². The molecular formula is C20H31N. The van der Waals surface area contributed by atoms with E-state index in [9.17, 15) is 0 Å². The van der Waals surface area contributed by atoms with E-state index in [1.807, 2.05) is 0 Å². The van der Waals surface area contributed by atoms with Crippen LogP contribution in [0, 0.1) is 0 Å². The van der Waals surface area contributed by atoms with Gasteiger partial charge in [-0.05, 0) is 54.7 Å². The Morgan fingerprint density at radius 1 is 0.762 bits per heavy atom. The number of nitrogens with zero attached hydrogens (tertiary/aromatic N) is 1. The van der Waals surface area contributed by atoms with Crippen molar-refractivity contribution in [3.05, 3.63) is 29.3 Å². The van der Waals surface area contributed by atoms with Crippen molar-refractivity contribution in [2.24, 2.45) is 0 Å². The van der Waals surface area contributed by atoms with Crippen molar-refractivity contribution in [3.63, 3.8) is 0 Å². The van der Waals surface area contributed by atoms with Gasteiger partial charge in [-0.3, -0.25) is 0 Å². The van der Waals surface area contributed by atoms with Gasteiger partial charge >= 0.3 is 0 Å². The minimum Gasteiger partial charge on any atom is -0.377 e. The Bertz CT molecular complexity index is 451. The maximum atomic E-state index is 2.45. The lowest BCUT2D eigenvalue weighted by molar-refractivity contribution is 0.419. The molecule has 0 atom stereocenters. The van der Waals surface area contributed by atoms with E-state index in [1.54, 1.807) is 11.1 Å². The quantitative estimate of drug-likeness (QED) is 0.673. The van der Waals surface area contributed by atoms with E-state index in [0.717, 1.165) is 11.8 Å². The van der Waals surface area contributed by atoms with Crippen LogP contribution >= 0.6 is 0 Å². The zero-order chi connectivity index (χ0) is 14.7. The van der Waals surface area contributed by atoms with Gasteiger partial charge in [-0.1, -0.05) is 50.7 Å². The van der Waals surface area contributed by atoms with Gasteiger partial charge in [0.25, 0.3) is 0 Å². The summed E-state index contributed by atoms with van der Waals surface area (Å²) in [6.45, 7) is 0. The van der Waals surface area contributed by atoms with E-state index < -0.39 is 0 Å². The lowest BCUT2D eigenvalue weighted by Crippen LogP contribution is -2.18. The summed E-state index contributed by atoms with van der Waals surface area (Å²) in [6, 6.07) is 7.09. The van der Waals surface area contributed by atoms with E-state index in [4.69, 9.17) is 0 Å². The lowest BCUT2D eigenvalue weighted by atomic mass is 9.75. The Hall–Kier alpha value is -0.980. The largest absolute Gasteiger partial charge is 0.377 e. The predicted octanol–water partition coefficient (Wildman–Crippen LogP) is 5.85. The predicted molar refractivity (Wildman–Crippen MR) is 92.4 cm³/mol. The molecule has 2 aliphatic rings. The maximum Gasteiger partial charge on any atom is 0.0399 e. The smallest absolute Gasteiger partial charge is 0.0399 e. The third kappa shape index (κ3) is 3.27. The third-order valence-electron chi connectivity index (χ3n) is 5.66. The summed E-state index contributed by atoms with van der Waals surface area (Å²) >= 11 is 0. The fourth-order valence-corrected chi connectivity index (χ4v) is 4.57. The molecule has 0 aromatic heterocycles. The molecule has 0 heterocycles. The van der Waals surface area contributed by atoms with Crippen LogP contribution in [0.25, 0.3) is 0 Å². The molecule has 1 nitrogen and oxygen atoms in total. The molecule has 2 fully saturated rings. The molecule has 1 aromatic rings. The summed E-state index contributed by atoms with van der Waals surface area (Å²) in [5, 5.41) is 0. The first-order valence-corrected chi connectivity index (χ1v) is 9.07. The van der Waals surface area contributed by atoms with Crippen LogP contribution in [0.15, 0.2) is 18.2 Å². The van der Waals surface area contributed by atoms with E-state index in [-0.39, 0.29) is 0 Å². The standard InChI is InChI=1S/C20H31N/c1-21(2)19-15-9-14-18(16-10-5-3-6-11-16)20(19)17-12-7-4-8-13-17/h9,14-17H,3-8,10-13H2,1-2H3. The number of hydrogen-bond donors (Lipinski definition) is 0. The first kappa shape index (κ1) is 14.9. The Labute approximate surface area is 130 Å². The van der Waals surface area contributed by atoms with Crippen molar-refractivity contribution >= 4 is 5.69 Å². The van der Waals surface area contributed by atoms with Crippen molar-refractivity contribution in [2.75, 3.05) is 19.0 Å². The molecule has 1 aromatic carbocycles. The van der Waals surface area contributed by atoms with Gasteiger partial charge in [-0.15, -0.1) is 0 Å². The molecule has 0 saturated heterocycles. The van der Waals surface area contributed by atoms with Gasteiger partial charge in [-0.2, -0.15) is 0 Å². The Balaban J connectivity index is 1.98. The fraction of sp³-hybridized carbons (Fsp3) is 0.700. The van der Waals surface area contributed by atoms with Gasteiger partial charge in [0.2, 0.25) is 0 Å². The highest BCUT2D eigenvalue weighted by molar-refractivity contribution is 5.58. The molecular weight excluding hydrogens is 254 g/mol. The Kier molecular flexibility index (Phi) is 4.87. The second-order valence-electron chi connectivity index (χ2n) is 7.34. The number of benzene rings is 1. The van der Waals surface area contributed by atoms with Gasteiger partial charge in [0.1, 0.15) is 0 Å². The van der Waals surface area contributed by atoms with E-state index in [2.05, 4.69) is 37.2 Å². The molecule has 0 radical (unpaired) electrons. The monoisotopic (exact) mass is 285 g/mol. The molecule has 1 heteroatoms. The Morgan fingerprint density at radius 3 is 1.90 bits per heavy atom. The number of anilines is 1. The maximum absolute atomic E-state index is 2.45. The average molecular weight is 285 g/mol. The van der Waals surface area contributed by atoms with Crippen molar-refractivity contribution < 1.29 is 0 Å². The van der Waals surface area contributed by atoms with Crippen molar-refractivity contribution in [3.8, 4) is 0 Å². The fourth-order valence-electron chi connectivity index (χ4n) is 4.57. The molecule has 0 amide bonds. The van der Waals surface area contributed by atoms with Crippen LogP contribution in [0.3, 0.4) is 0 Å². The number of rotatable bonds is 3. The molecule has 0 N–H and O–H groups in total. The number of hydrogen-bond acceptors (Lipinski definition) is 1. The van der Waals surface area contributed by atoms with Gasteiger partial charge in [0.05, 0.1) is 0 Å². The lowest BCUT2D eigenvalue weighted by Gasteiger charge is -2.33. The average Bonchev–Trinajstić information content (AvgIpc) is 2.55. The van der Waals surface area contributed by atoms with Crippen molar-refractivity contribution in [1.29, 1.82) is 0 Å². The summed E-state index contributed by atoms with van der Waals surface area (Å²) in [5.74, 6) is 1.64. The molecule has 0 unspecified atom stereocenters. The van der Waals surface area contributed by atoms with E-state index in [0.29, 0.717) is 0 Å². The first-order valence-electron chi connectivity index (χ1n) is 9.07. The molecule has 3 rings (SSSR count). The summed E-state index contributed by atoms with van der Waals surface area (Å²) in [6.07, 6.45) is 14.2. The molecule has 2 saturated carbocycles. The summed E-state index contributed by atoms with van der Waals surface area (Å²) in [4.78, 5) is 2.34. The Morgan fingerprint density at radius 2 is 1.33 bits per heavy atom. The van der Waals surface area contributed by atoms with E-state index in [1.165, 1.54) is 69.9 Å². The third-order valence-corrected chi connectivity index (χ3v) is 5.66. The van der Waals surface area contributed by atoms with Crippen LogP contribution < -0.4 is 4.90 Å². The normalized spacial score (nSPS) is 21.4. The first-order chi connectivity index (χ1) is 10.3. The topological polar surface area (TPSA) is 3.24 Å². The molecule has 0 spiro atoms. The van der Waals surface area contributed by atoms with Crippen LogP contribution in [0.4, 0.5) is 5.69 Å². The van der Waals surface area contributed by atoms with Gasteiger partial charge < -0.3 is 4.90 Å². The van der Waals surface area contributed by atoms with E-state index >= 15 is 0 Å². The summed E-state index contributed by atoms with van der Waals surface area (Å²) < 4.78 is 0. The van der Waals surface area contributed by atoms with Crippen molar-refractivity contribution in [2.45, 2.75) is 76.0 Å². The van der Waals surface area contributed by atoms with Crippen LogP contribution in [0.2, 0.25) is 0 Å². The highest BCUT2D eigenvalue weighted by atomic mass is 15.1. The minimum atomic E-state index is 0.814.